The molecule has 31 heavy (non-hydrogen) atoms. The number of aliphatic hydroxyl groups is 1. The van der Waals surface area contributed by atoms with Gasteiger partial charge in [-0.3, -0.25) is 0 Å². The lowest BCUT2D eigenvalue weighted by atomic mass is 10.1. The predicted octanol–water partition coefficient (Wildman–Crippen LogP) is 2.33. The largest absolute Gasteiger partial charge is 0.616 e. The Morgan fingerprint density at radius 1 is 1.32 bits per heavy atom. The Kier molecular flexibility index (Phi) is 6.26. The molecule has 0 radical (unpaired) electrons. The van der Waals surface area contributed by atoms with Crippen LogP contribution < -0.4 is 10.2 Å². The highest BCUT2D eigenvalue weighted by atomic mass is 32.2. The average molecular weight is 448 g/mol. The van der Waals surface area contributed by atoms with Crippen LogP contribution in [0.15, 0.2) is 24.5 Å². The number of aromatic nitrogens is 5. The van der Waals surface area contributed by atoms with E-state index in [2.05, 4.69) is 25.3 Å². The number of aliphatic hydroxyl groups excluding tert-OH is 1. The van der Waals surface area contributed by atoms with Crippen molar-refractivity contribution in [3.63, 3.8) is 0 Å². The summed E-state index contributed by atoms with van der Waals surface area (Å²) in [5.41, 5.74) is 1.57. The normalized spacial score (nSPS) is 20.4. The minimum absolute atomic E-state index is 0.120. The summed E-state index contributed by atoms with van der Waals surface area (Å²) < 4.78 is 28.1. The fraction of sp³-hybridized carbons (Fsp3) is 0.500. The molecule has 1 aliphatic rings. The summed E-state index contributed by atoms with van der Waals surface area (Å²) in [5, 5.41) is 12.3. The Balaban J connectivity index is 1.55. The molecule has 1 fully saturated rings. The van der Waals surface area contributed by atoms with Crippen molar-refractivity contribution in [3.8, 4) is 0 Å². The third-order valence-corrected chi connectivity index (χ3v) is 6.78. The van der Waals surface area contributed by atoms with Crippen molar-refractivity contribution in [1.29, 1.82) is 0 Å². The first-order valence-corrected chi connectivity index (χ1v) is 11.8. The second-order valence-corrected chi connectivity index (χ2v) is 9.47. The van der Waals surface area contributed by atoms with Crippen molar-refractivity contribution < 1.29 is 14.0 Å². The summed E-state index contributed by atoms with van der Waals surface area (Å²) >= 11 is -1.19. The monoisotopic (exact) mass is 447 g/mol. The van der Waals surface area contributed by atoms with E-state index in [1.807, 2.05) is 24.5 Å². The van der Waals surface area contributed by atoms with Gasteiger partial charge in [0.25, 0.3) is 0 Å². The predicted molar refractivity (Wildman–Crippen MR) is 119 cm³/mol. The Bertz CT molecular complexity index is 1060. The van der Waals surface area contributed by atoms with Crippen LogP contribution in [0.2, 0.25) is 0 Å². The Hall–Kier alpha value is -2.50. The molecule has 166 valence electrons. The van der Waals surface area contributed by atoms with Crippen LogP contribution in [0, 0.1) is 0 Å². The lowest BCUT2D eigenvalue weighted by molar-refractivity contribution is 0.263. The van der Waals surface area contributed by atoms with Crippen molar-refractivity contribution >= 4 is 39.8 Å². The third kappa shape index (κ3) is 4.43. The molecule has 9 nitrogen and oxygen atoms in total. The van der Waals surface area contributed by atoms with Crippen LogP contribution in [-0.2, 0) is 17.8 Å². The average Bonchev–Trinajstić information content (AvgIpc) is 3.12. The smallest absolute Gasteiger partial charge is 0.227 e. The van der Waals surface area contributed by atoms with Gasteiger partial charge in [0.1, 0.15) is 34.8 Å². The minimum atomic E-state index is -1.19. The number of piperidine rings is 1. The number of hydrogen-bond donors (Lipinski definition) is 2. The fourth-order valence-electron chi connectivity index (χ4n) is 3.95. The van der Waals surface area contributed by atoms with Crippen molar-refractivity contribution in [2.75, 3.05) is 29.6 Å². The molecule has 1 saturated heterocycles. The second kappa shape index (κ2) is 8.93. The molecule has 0 aliphatic carbocycles. The van der Waals surface area contributed by atoms with Crippen LogP contribution in [-0.4, -0.2) is 64.9 Å². The fourth-order valence-corrected chi connectivity index (χ4v) is 4.88. The van der Waals surface area contributed by atoms with Gasteiger partial charge >= 0.3 is 0 Å². The molecular formula is C20H26FN7O2S. The van der Waals surface area contributed by atoms with Crippen LogP contribution in [0.5, 0.6) is 0 Å². The first kappa shape index (κ1) is 21.7. The number of fused-ring (bicyclic) bond motifs is 1. The summed E-state index contributed by atoms with van der Waals surface area (Å²) in [6.45, 7) is 4.58. The molecule has 0 saturated carbocycles. The van der Waals surface area contributed by atoms with Gasteiger partial charge in [-0.1, -0.05) is 11.2 Å². The number of imidazole rings is 1. The minimum Gasteiger partial charge on any atom is -0.616 e. The highest BCUT2D eigenvalue weighted by Gasteiger charge is 2.36. The molecule has 0 spiro atoms. The van der Waals surface area contributed by atoms with E-state index in [-0.39, 0.29) is 19.2 Å². The van der Waals surface area contributed by atoms with E-state index in [1.165, 1.54) is 0 Å². The summed E-state index contributed by atoms with van der Waals surface area (Å²) in [7, 11) is 0. The summed E-state index contributed by atoms with van der Waals surface area (Å²) in [5.74, 6) is 2.12. The third-order valence-electron chi connectivity index (χ3n) is 5.40. The Morgan fingerprint density at radius 3 is 2.81 bits per heavy atom. The molecule has 3 unspecified atom stereocenters. The highest BCUT2D eigenvalue weighted by Crippen LogP contribution is 2.26. The molecule has 0 bridgehead atoms. The lowest BCUT2D eigenvalue weighted by Gasteiger charge is -2.34. The highest BCUT2D eigenvalue weighted by molar-refractivity contribution is 7.91. The maximum absolute atomic E-state index is 14.4. The molecule has 3 aromatic heterocycles. The zero-order valence-electron chi connectivity index (χ0n) is 17.7. The van der Waals surface area contributed by atoms with Crippen molar-refractivity contribution in [1.82, 2.24) is 24.5 Å². The molecule has 0 aromatic carbocycles. The van der Waals surface area contributed by atoms with Gasteiger partial charge in [-0.05, 0) is 19.9 Å². The molecule has 1 aliphatic heterocycles. The lowest BCUT2D eigenvalue weighted by Crippen LogP contribution is -2.48. The SMILES string of the molecule is CC(C)n1c(CO)nc2cnc(Nc3ccnc(N4CCC([S+](C)[O-])C(F)C4)n3)cc21. The van der Waals surface area contributed by atoms with Crippen molar-refractivity contribution in [2.24, 2.45) is 0 Å². The molecule has 4 heterocycles. The number of anilines is 3. The molecule has 3 aromatic rings. The standard InChI is InChI=1S/C20H26FN7O2S/c1-12(2)28-15-8-18(23-9-14(15)24-19(28)11-29)25-17-4-6-22-20(26-17)27-7-5-16(31(3)30)13(21)10-27/h4,6,8-9,12-13,16,29H,5,7,10-11H2,1-3H3,(H,22,23,25,26). The quantitative estimate of drug-likeness (QED) is 0.553. The van der Waals surface area contributed by atoms with Gasteiger partial charge in [-0.15, -0.1) is 0 Å². The van der Waals surface area contributed by atoms with Crippen LogP contribution >= 0.6 is 0 Å². The maximum atomic E-state index is 14.4. The van der Waals surface area contributed by atoms with Crippen LogP contribution in [0.1, 0.15) is 32.1 Å². The summed E-state index contributed by atoms with van der Waals surface area (Å²) in [6.07, 6.45) is 4.13. The van der Waals surface area contributed by atoms with Crippen LogP contribution in [0.4, 0.5) is 22.0 Å². The van der Waals surface area contributed by atoms with E-state index in [0.29, 0.717) is 41.9 Å². The van der Waals surface area contributed by atoms with Gasteiger partial charge in [-0.2, -0.15) is 4.98 Å². The van der Waals surface area contributed by atoms with E-state index in [9.17, 15) is 14.0 Å². The van der Waals surface area contributed by atoms with Crippen LogP contribution in [0.3, 0.4) is 0 Å². The molecular weight excluding hydrogens is 421 g/mol. The van der Waals surface area contributed by atoms with E-state index < -0.39 is 22.6 Å². The number of alkyl halides is 1. The number of nitrogens with one attached hydrogen (secondary N) is 1. The Labute approximate surface area is 182 Å². The van der Waals surface area contributed by atoms with Crippen molar-refractivity contribution in [2.45, 2.75) is 44.3 Å². The summed E-state index contributed by atoms with van der Waals surface area (Å²) in [6, 6.07) is 3.71. The number of halogens is 1. The molecule has 0 amide bonds. The first-order chi connectivity index (χ1) is 14.9. The molecule has 11 heteroatoms. The van der Waals surface area contributed by atoms with Gasteiger partial charge < -0.3 is 24.4 Å². The van der Waals surface area contributed by atoms with Gasteiger partial charge in [0, 0.05) is 31.3 Å². The number of nitrogens with zero attached hydrogens (tertiary/aromatic N) is 6. The van der Waals surface area contributed by atoms with E-state index in [1.54, 1.807) is 29.6 Å². The van der Waals surface area contributed by atoms with E-state index in [4.69, 9.17) is 0 Å². The Morgan fingerprint density at radius 2 is 2.13 bits per heavy atom. The van der Waals surface area contributed by atoms with Gasteiger partial charge in [-0.25, -0.2) is 19.3 Å². The maximum Gasteiger partial charge on any atom is 0.227 e. The number of rotatable bonds is 6. The number of hydrogen-bond acceptors (Lipinski definition) is 8. The molecule has 4 rings (SSSR count). The molecule has 3 atom stereocenters. The van der Waals surface area contributed by atoms with Gasteiger partial charge in [0.05, 0.1) is 24.5 Å². The van der Waals surface area contributed by atoms with Crippen molar-refractivity contribution in [3.05, 3.63) is 30.4 Å². The first-order valence-electron chi connectivity index (χ1n) is 10.2. The topological polar surface area (TPSA) is 115 Å². The zero-order chi connectivity index (χ0) is 22.1. The van der Waals surface area contributed by atoms with Gasteiger partial charge in [0.15, 0.2) is 6.17 Å². The van der Waals surface area contributed by atoms with Crippen LogP contribution in [0.25, 0.3) is 11.0 Å². The number of pyridine rings is 1. The van der Waals surface area contributed by atoms with E-state index >= 15 is 0 Å². The van der Waals surface area contributed by atoms with Gasteiger partial charge in [0.2, 0.25) is 5.95 Å². The van der Waals surface area contributed by atoms with E-state index in [0.717, 1.165) is 5.52 Å². The second-order valence-electron chi connectivity index (χ2n) is 7.86. The zero-order valence-corrected chi connectivity index (χ0v) is 18.5. The molecule has 2 N–H and O–H groups in total. The summed E-state index contributed by atoms with van der Waals surface area (Å²) in [4.78, 5) is 19.4.